The van der Waals surface area contributed by atoms with Crippen LogP contribution in [-0.2, 0) is 14.3 Å². The van der Waals surface area contributed by atoms with Crippen molar-refractivity contribution in [3.63, 3.8) is 0 Å². The Kier molecular flexibility index (Phi) is 6.20. The summed E-state index contributed by atoms with van der Waals surface area (Å²) in [7, 11) is 0. The van der Waals surface area contributed by atoms with Crippen molar-refractivity contribution in [2.45, 2.75) is 40.0 Å². The highest BCUT2D eigenvalue weighted by molar-refractivity contribution is 5.97. The Morgan fingerprint density at radius 3 is 2.38 bits per heavy atom. The van der Waals surface area contributed by atoms with E-state index in [1.54, 1.807) is 6.92 Å². The maximum Gasteiger partial charge on any atom is 0.316 e. The monoisotopic (exact) mass is 186 g/mol. The maximum absolute atomic E-state index is 11.1. The minimum Gasteiger partial charge on any atom is -0.465 e. The molecule has 0 spiro atoms. The van der Waals surface area contributed by atoms with Crippen molar-refractivity contribution in [3.8, 4) is 0 Å². The van der Waals surface area contributed by atoms with Crippen molar-refractivity contribution in [3.05, 3.63) is 0 Å². The number of ketones is 1. The first kappa shape index (κ1) is 12.1. The zero-order chi connectivity index (χ0) is 10.3. The van der Waals surface area contributed by atoms with Crippen LogP contribution >= 0.6 is 0 Å². The van der Waals surface area contributed by atoms with E-state index in [1.807, 2.05) is 0 Å². The lowest BCUT2D eigenvalue weighted by molar-refractivity contribution is -0.150. The number of esters is 1. The lowest BCUT2D eigenvalue weighted by Gasteiger charge is -2.07. The van der Waals surface area contributed by atoms with Crippen molar-refractivity contribution in [2.24, 2.45) is 5.92 Å². The smallest absolute Gasteiger partial charge is 0.316 e. The van der Waals surface area contributed by atoms with Gasteiger partial charge in [0.05, 0.1) is 6.61 Å². The highest BCUT2D eigenvalue weighted by Gasteiger charge is 2.18. The summed E-state index contributed by atoms with van der Waals surface area (Å²) in [4.78, 5) is 21.9. The third kappa shape index (κ3) is 5.39. The molecule has 0 bridgehead atoms. The number of hydrogen-bond donors (Lipinski definition) is 0. The van der Waals surface area contributed by atoms with Gasteiger partial charge in [-0.15, -0.1) is 0 Å². The summed E-state index contributed by atoms with van der Waals surface area (Å²) in [5.41, 5.74) is 0. The van der Waals surface area contributed by atoms with E-state index in [9.17, 15) is 9.59 Å². The zero-order valence-electron chi connectivity index (χ0n) is 8.63. The van der Waals surface area contributed by atoms with Crippen LogP contribution in [0.4, 0.5) is 0 Å². The molecule has 0 fully saturated rings. The van der Waals surface area contributed by atoms with Crippen LogP contribution in [0.25, 0.3) is 0 Å². The zero-order valence-corrected chi connectivity index (χ0v) is 8.63. The lowest BCUT2D eigenvalue weighted by atomic mass is 10.1. The van der Waals surface area contributed by atoms with Crippen LogP contribution in [0.15, 0.2) is 0 Å². The first-order chi connectivity index (χ1) is 6.09. The van der Waals surface area contributed by atoms with E-state index in [0.717, 1.165) is 19.3 Å². The Labute approximate surface area is 79.5 Å². The molecule has 3 nitrogen and oxygen atoms in total. The maximum atomic E-state index is 11.1. The van der Waals surface area contributed by atoms with Gasteiger partial charge in [-0.25, -0.2) is 0 Å². The highest BCUT2D eigenvalue weighted by atomic mass is 16.5. The van der Waals surface area contributed by atoms with Crippen molar-refractivity contribution in [1.29, 1.82) is 0 Å². The van der Waals surface area contributed by atoms with Crippen LogP contribution in [-0.4, -0.2) is 18.4 Å². The number of carbonyl (C=O) groups is 2. The number of rotatable bonds is 6. The molecule has 0 amide bonds. The standard InChI is InChI=1S/C10H18O3/c1-4-5-6-7-13-10(12)8(2)9(3)11/h8H,4-7H2,1-3H3. The van der Waals surface area contributed by atoms with Crippen molar-refractivity contribution in [1.82, 2.24) is 0 Å². The summed E-state index contributed by atoms with van der Waals surface area (Å²) in [6, 6.07) is 0. The molecule has 0 rings (SSSR count). The molecule has 0 aromatic carbocycles. The topological polar surface area (TPSA) is 43.4 Å². The summed E-state index contributed by atoms with van der Waals surface area (Å²) in [6.45, 7) is 5.49. The van der Waals surface area contributed by atoms with Gasteiger partial charge >= 0.3 is 5.97 Å². The summed E-state index contributed by atoms with van der Waals surface area (Å²) in [5.74, 6) is -1.15. The highest BCUT2D eigenvalue weighted by Crippen LogP contribution is 2.01. The van der Waals surface area contributed by atoms with Crippen LogP contribution in [0.1, 0.15) is 40.0 Å². The fraction of sp³-hybridized carbons (Fsp3) is 0.800. The molecule has 0 aliphatic carbocycles. The van der Waals surface area contributed by atoms with Crippen LogP contribution in [0, 0.1) is 5.92 Å². The molecular weight excluding hydrogens is 168 g/mol. The number of Topliss-reactive ketones (excluding diaryl/α,β-unsaturated/α-hetero) is 1. The van der Waals surface area contributed by atoms with Gasteiger partial charge in [-0.1, -0.05) is 19.8 Å². The molecule has 0 aromatic heterocycles. The summed E-state index contributed by atoms with van der Waals surface area (Å²) in [6.07, 6.45) is 3.04. The fourth-order valence-electron chi connectivity index (χ4n) is 0.816. The molecule has 1 atom stereocenters. The Morgan fingerprint density at radius 1 is 1.31 bits per heavy atom. The van der Waals surface area contributed by atoms with Gasteiger partial charge in [-0.05, 0) is 20.3 Å². The third-order valence-electron chi connectivity index (χ3n) is 1.96. The molecule has 0 saturated carbocycles. The Morgan fingerprint density at radius 2 is 1.92 bits per heavy atom. The van der Waals surface area contributed by atoms with Crippen molar-refractivity contribution in [2.75, 3.05) is 6.61 Å². The van der Waals surface area contributed by atoms with Gasteiger partial charge in [0.15, 0.2) is 0 Å². The van der Waals surface area contributed by atoms with E-state index in [4.69, 9.17) is 4.74 Å². The van der Waals surface area contributed by atoms with Gasteiger partial charge in [-0.3, -0.25) is 9.59 Å². The van der Waals surface area contributed by atoms with Crippen LogP contribution < -0.4 is 0 Å². The number of hydrogen-bond acceptors (Lipinski definition) is 3. The number of ether oxygens (including phenoxy) is 1. The third-order valence-corrected chi connectivity index (χ3v) is 1.96. The summed E-state index contributed by atoms with van der Waals surface area (Å²) >= 11 is 0. The van der Waals surface area contributed by atoms with Crippen molar-refractivity contribution < 1.29 is 14.3 Å². The molecule has 0 N–H and O–H groups in total. The normalized spacial score (nSPS) is 12.2. The largest absolute Gasteiger partial charge is 0.465 e. The van der Waals surface area contributed by atoms with E-state index in [2.05, 4.69) is 6.92 Å². The molecular formula is C10H18O3. The van der Waals surface area contributed by atoms with E-state index in [0.29, 0.717) is 6.61 Å². The molecule has 0 aliphatic heterocycles. The fourth-order valence-corrected chi connectivity index (χ4v) is 0.816. The molecule has 0 aliphatic rings. The van der Waals surface area contributed by atoms with E-state index in [1.165, 1.54) is 6.92 Å². The minimum absolute atomic E-state index is 0.138. The van der Waals surface area contributed by atoms with Gasteiger partial charge < -0.3 is 4.74 Å². The molecule has 0 aromatic rings. The second kappa shape index (κ2) is 6.63. The predicted octanol–water partition coefficient (Wildman–Crippen LogP) is 1.94. The SMILES string of the molecule is CCCCCOC(=O)C(C)C(C)=O. The van der Waals surface area contributed by atoms with Gasteiger partial charge in [0.2, 0.25) is 0 Å². The first-order valence-electron chi connectivity index (χ1n) is 4.76. The van der Waals surface area contributed by atoms with Crippen LogP contribution in [0.2, 0.25) is 0 Å². The quantitative estimate of drug-likeness (QED) is 0.362. The van der Waals surface area contributed by atoms with E-state index >= 15 is 0 Å². The second-order valence-electron chi connectivity index (χ2n) is 3.21. The number of unbranched alkanes of at least 4 members (excludes halogenated alkanes) is 2. The number of carbonyl (C=O) groups excluding carboxylic acids is 2. The molecule has 3 heteroatoms. The predicted molar refractivity (Wildman–Crippen MR) is 50.3 cm³/mol. The Bertz CT molecular complexity index is 175. The van der Waals surface area contributed by atoms with Crippen LogP contribution in [0.5, 0.6) is 0 Å². The molecule has 0 heterocycles. The molecule has 0 radical (unpaired) electrons. The van der Waals surface area contributed by atoms with Gasteiger partial charge in [0.25, 0.3) is 0 Å². The average molecular weight is 186 g/mol. The Hall–Kier alpha value is -0.860. The molecule has 13 heavy (non-hydrogen) atoms. The first-order valence-corrected chi connectivity index (χ1v) is 4.76. The van der Waals surface area contributed by atoms with E-state index < -0.39 is 11.9 Å². The lowest BCUT2D eigenvalue weighted by Crippen LogP contribution is -2.21. The molecule has 0 saturated heterocycles. The van der Waals surface area contributed by atoms with Gasteiger partial charge in [0.1, 0.15) is 11.7 Å². The van der Waals surface area contributed by atoms with E-state index in [-0.39, 0.29) is 5.78 Å². The minimum atomic E-state index is -0.610. The summed E-state index contributed by atoms with van der Waals surface area (Å²) in [5, 5.41) is 0. The Balaban J connectivity index is 3.56. The van der Waals surface area contributed by atoms with Gasteiger partial charge in [0, 0.05) is 0 Å². The van der Waals surface area contributed by atoms with Crippen LogP contribution in [0.3, 0.4) is 0 Å². The second-order valence-corrected chi connectivity index (χ2v) is 3.21. The average Bonchev–Trinajstić information content (AvgIpc) is 2.10. The molecule has 76 valence electrons. The molecule has 1 unspecified atom stereocenters. The summed E-state index contributed by atoms with van der Waals surface area (Å²) < 4.78 is 4.91. The van der Waals surface area contributed by atoms with Gasteiger partial charge in [-0.2, -0.15) is 0 Å². The van der Waals surface area contributed by atoms with Crippen molar-refractivity contribution >= 4 is 11.8 Å².